The van der Waals surface area contributed by atoms with Crippen molar-refractivity contribution in [1.82, 2.24) is 4.72 Å². The highest BCUT2D eigenvalue weighted by molar-refractivity contribution is 7.98. The summed E-state index contributed by atoms with van der Waals surface area (Å²) in [6, 6.07) is 4.53. The molecule has 1 aromatic carbocycles. The van der Waals surface area contributed by atoms with Gasteiger partial charge < -0.3 is 10.5 Å². The van der Waals surface area contributed by atoms with Crippen LogP contribution < -0.4 is 15.2 Å². The molecule has 0 saturated heterocycles. The molecular weight excluding hydrogens is 308 g/mol. The first-order valence-corrected chi connectivity index (χ1v) is 9.81. The molecule has 0 aliphatic carbocycles. The molecule has 0 radical (unpaired) electrons. The predicted octanol–water partition coefficient (Wildman–Crippen LogP) is 2.48. The maximum Gasteiger partial charge on any atom is 0.244 e. The highest BCUT2D eigenvalue weighted by Gasteiger charge is 2.18. The molecule has 7 heteroatoms. The molecule has 0 aliphatic heterocycles. The fourth-order valence-electron chi connectivity index (χ4n) is 1.92. The highest BCUT2D eigenvalue weighted by atomic mass is 32.2. The molecule has 0 fully saturated rings. The number of unbranched alkanes of at least 4 members (excludes halogenated alkanes) is 3. The molecule has 0 unspecified atom stereocenters. The lowest BCUT2D eigenvalue weighted by Crippen LogP contribution is -2.25. The molecule has 5 nitrogen and oxygen atoms in total. The van der Waals surface area contributed by atoms with Crippen molar-refractivity contribution in [2.45, 2.75) is 30.6 Å². The smallest absolute Gasteiger partial charge is 0.244 e. The molecule has 0 saturated carbocycles. The SMILES string of the molecule is COc1cc(N)ccc1S(=O)(=O)NCCCCCCSC. The van der Waals surface area contributed by atoms with Gasteiger partial charge in [-0.05, 0) is 37.0 Å². The van der Waals surface area contributed by atoms with E-state index in [4.69, 9.17) is 10.5 Å². The van der Waals surface area contributed by atoms with Gasteiger partial charge in [0.05, 0.1) is 7.11 Å². The number of rotatable bonds is 10. The first-order chi connectivity index (χ1) is 10.0. The number of nitrogens with two attached hydrogens (primary N) is 1. The van der Waals surface area contributed by atoms with Crippen LogP contribution in [0.4, 0.5) is 5.69 Å². The lowest BCUT2D eigenvalue weighted by atomic mass is 10.2. The summed E-state index contributed by atoms with van der Waals surface area (Å²) in [4.78, 5) is 0.126. The lowest BCUT2D eigenvalue weighted by Gasteiger charge is -2.11. The molecular formula is C14H24N2O3S2. The summed E-state index contributed by atoms with van der Waals surface area (Å²) < 4.78 is 32.1. The Hall–Kier alpha value is -0.920. The minimum absolute atomic E-state index is 0.126. The summed E-state index contributed by atoms with van der Waals surface area (Å²) in [5, 5.41) is 0. The normalized spacial score (nSPS) is 11.5. The van der Waals surface area contributed by atoms with Crippen molar-refractivity contribution < 1.29 is 13.2 Å². The number of sulfonamides is 1. The molecule has 21 heavy (non-hydrogen) atoms. The van der Waals surface area contributed by atoms with Crippen LogP contribution in [0.2, 0.25) is 0 Å². The molecule has 0 amide bonds. The summed E-state index contributed by atoms with van der Waals surface area (Å²) in [5.41, 5.74) is 6.10. The zero-order chi connectivity index (χ0) is 15.7. The summed E-state index contributed by atoms with van der Waals surface area (Å²) in [7, 11) is -2.12. The standard InChI is InChI=1S/C14H24N2O3S2/c1-19-13-11-12(15)7-8-14(13)21(17,18)16-9-5-3-4-6-10-20-2/h7-8,11,16H,3-6,9-10,15H2,1-2H3. The van der Waals surface area contributed by atoms with E-state index in [1.54, 1.807) is 6.07 Å². The number of nitrogens with one attached hydrogen (secondary N) is 1. The number of thioether (sulfide) groups is 1. The second-order valence-electron chi connectivity index (χ2n) is 4.72. The molecule has 3 N–H and O–H groups in total. The molecule has 120 valence electrons. The van der Waals surface area contributed by atoms with E-state index >= 15 is 0 Å². The number of methoxy groups -OCH3 is 1. The maximum atomic E-state index is 12.2. The van der Waals surface area contributed by atoms with Crippen molar-refractivity contribution in [3.8, 4) is 5.75 Å². The zero-order valence-corrected chi connectivity index (χ0v) is 14.2. The molecule has 0 spiro atoms. The largest absolute Gasteiger partial charge is 0.495 e. The van der Waals surface area contributed by atoms with Crippen LogP contribution >= 0.6 is 11.8 Å². The third-order valence-electron chi connectivity index (χ3n) is 3.04. The van der Waals surface area contributed by atoms with Crippen LogP contribution in [0, 0.1) is 0 Å². The summed E-state index contributed by atoms with van der Waals surface area (Å²) >= 11 is 1.84. The van der Waals surface area contributed by atoms with Crippen LogP contribution in [0.1, 0.15) is 25.7 Å². The molecule has 0 atom stereocenters. The maximum absolute atomic E-state index is 12.2. The van der Waals surface area contributed by atoms with Gasteiger partial charge in [-0.1, -0.05) is 12.8 Å². The Balaban J connectivity index is 2.50. The van der Waals surface area contributed by atoms with Crippen molar-refractivity contribution in [3.63, 3.8) is 0 Å². The zero-order valence-electron chi connectivity index (χ0n) is 12.6. The van der Waals surface area contributed by atoms with E-state index in [0.717, 1.165) is 25.0 Å². The first kappa shape index (κ1) is 18.1. The fourth-order valence-corrected chi connectivity index (χ4v) is 3.63. The summed E-state index contributed by atoms with van der Waals surface area (Å²) in [5.74, 6) is 1.43. The van der Waals surface area contributed by atoms with Crippen LogP contribution in [-0.2, 0) is 10.0 Å². The minimum atomic E-state index is -3.55. The van der Waals surface area contributed by atoms with Gasteiger partial charge in [-0.25, -0.2) is 13.1 Å². The summed E-state index contributed by atoms with van der Waals surface area (Å²) in [6.45, 7) is 0.440. The molecule has 1 aromatic rings. The van der Waals surface area contributed by atoms with Crippen molar-refractivity contribution in [2.75, 3.05) is 31.4 Å². The Kier molecular flexibility index (Phi) is 7.92. The predicted molar refractivity (Wildman–Crippen MR) is 89.4 cm³/mol. The van der Waals surface area contributed by atoms with E-state index in [9.17, 15) is 8.42 Å². The Bertz CT molecular complexity index is 533. The minimum Gasteiger partial charge on any atom is -0.495 e. The van der Waals surface area contributed by atoms with Gasteiger partial charge in [0, 0.05) is 18.3 Å². The number of anilines is 1. The Labute approximate surface area is 131 Å². The summed E-state index contributed by atoms with van der Waals surface area (Å²) in [6.07, 6.45) is 6.27. The second kappa shape index (κ2) is 9.17. The number of hydrogen-bond donors (Lipinski definition) is 2. The van der Waals surface area contributed by atoms with Crippen LogP contribution in [0.15, 0.2) is 23.1 Å². The lowest BCUT2D eigenvalue weighted by molar-refractivity contribution is 0.402. The van der Waals surface area contributed by atoms with Crippen LogP contribution in [0.25, 0.3) is 0 Å². The third kappa shape index (κ3) is 6.15. The van der Waals surface area contributed by atoms with E-state index in [-0.39, 0.29) is 10.6 Å². The van der Waals surface area contributed by atoms with E-state index < -0.39 is 10.0 Å². The van der Waals surface area contributed by atoms with Crippen LogP contribution in [0.3, 0.4) is 0 Å². The van der Waals surface area contributed by atoms with Gasteiger partial charge in [0.1, 0.15) is 10.6 Å². The Morgan fingerprint density at radius 1 is 1.24 bits per heavy atom. The number of benzene rings is 1. The van der Waals surface area contributed by atoms with Gasteiger partial charge in [0.25, 0.3) is 0 Å². The number of hydrogen-bond acceptors (Lipinski definition) is 5. The first-order valence-electron chi connectivity index (χ1n) is 6.93. The second-order valence-corrected chi connectivity index (χ2v) is 7.44. The van der Waals surface area contributed by atoms with E-state index in [2.05, 4.69) is 11.0 Å². The molecule has 0 bridgehead atoms. The van der Waals surface area contributed by atoms with Gasteiger partial charge in [0.2, 0.25) is 10.0 Å². The van der Waals surface area contributed by atoms with Crippen molar-refractivity contribution in [3.05, 3.63) is 18.2 Å². The van der Waals surface area contributed by atoms with E-state index in [0.29, 0.717) is 12.2 Å². The fraction of sp³-hybridized carbons (Fsp3) is 0.571. The van der Waals surface area contributed by atoms with Gasteiger partial charge in [-0.2, -0.15) is 11.8 Å². The van der Waals surface area contributed by atoms with Gasteiger partial charge >= 0.3 is 0 Å². The molecule has 0 heterocycles. The van der Waals surface area contributed by atoms with Crippen molar-refractivity contribution >= 4 is 27.5 Å². The monoisotopic (exact) mass is 332 g/mol. The van der Waals surface area contributed by atoms with E-state index in [1.807, 2.05) is 11.8 Å². The topological polar surface area (TPSA) is 81.4 Å². The average molecular weight is 332 g/mol. The number of ether oxygens (including phenoxy) is 1. The highest BCUT2D eigenvalue weighted by Crippen LogP contribution is 2.25. The Morgan fingerprint density at radius 2 is 1.95 bits per heavy atom. The van der Waals surface area contributed by atoms with Crippen molar-refractivity contribution in [1.29, 1.82) is 0 Å². The van der Waals surface area contributed by atoms with Crippen LogP contribution in [0.5, 0.6) is 5.75 Å². The quantitative estimate of drug-likeness (QED) is 0.508. The van der Waals surface area contributed by atoms with Gasteiger partial charge in [-0.15, -0.1) is 0 Å². The molecule has 0 aromatic heterocycles. The average Bonchev–Trinajstić information content (AvgIpc) is 2.45. The van der Waals surface area contributed by atoms with Gasteiger partial charge in [0.15, 0.2) is 0 Å². The van der Waals surface area contributed by atoms with E-state index in [1.165, 1.54) is 25.7 Å². The Morgan fingerprint density at radius 3 is 2.62 bits per heavy atom. The molecule has 1 rings (SSSR count). The van der Waals surface area contributed by atoms with Crippen LogP contribution in [-0.4, -0.2) is 34.1 Å². The number of nitrogen functional groups attached to an aromatic ring is 1. The third-order valence-corrected chi connectivity index (χ3v) is 5.24. The van der Waals surface area contributed by atoms with Crippen molar-refractivity contribution in [2.24, 2.45) is 0 Å². The molecule has 0 aliphatic rings. The van der Waals surface area contributed by atoms with Gasteiger partial charge in [-0.3, -0.25) is 0 Å².